The molecule has 1 aliphatic rings. The summed E-state index contributed by atoms with van der Waals surface area (Å²) in [5, 5.41) is 40.7. The fraction of sp³-hybridized carbons (Fsp3) is 0.356. The number of benzene rings is 6. The molecule has 7 aromatic rings. The van der Waals surface area contributed by atoms with E-state index in [4.69, 9.17) is 4.74 Å². The van der Waals surface area contributed by atoms with Crippen molar-refractivity contribution in [2.24, 2.45) is 5.41 Å². The second kappa shape index (κ2) is 34.9. The van der Waals surface area contributed by atoms with Crippen molar-refractivity contribution in [3.8, 4) is 21.9 Å². The average Bonchev–Trinajstić information content (AvgIpc) is 1.78. The molecule has 2 heterocycles. The lowest BCUT2D eigenvalue weighted by Crippen LogP contribution is -2.58. The predicted octanol–water partition coefficient (Wildman–Crippen LogP) is 7.88. The number of rotatable bonds is 31. The number of nitrogens with one attached hydrogen (secondary N) is 7. The molecule has 1 fully saturated rings. The number of thiazole rings is 1. The Morgan fingerprint density at radius 2 is 1.28 bits per heavy atom. The maximum absolute atomic E-state index is 14.9. The summed E-state index contributed by atoms with van der Waals surface area (Å²) >= 11 is 4.98. The third kappa shape index (κ3) is 21.6. The molecule has 0 unspecified atom stereocenters. The normalized spacial score (nSPS) is 15.1. The fourth-order valence-corrected chi connectivity index (χ4v) is 13.1. The summed E-state index contributed by atoms with van der Waals surface area (Å²) in [5.74, 6) is -5.15. The number of hydrogen-bond donors (Lipinski definition) is 11. The Hall–Kier alpha value is -9.24. The molecular formula is C73H83BrF2N9O14PS. The molecule has 1 aromatic heterocycles. The van der Waals surface area contributed by atoms with Crippen molar-refractivity contribution in [1.82, 2.24) is 47.1 Å². The third-order valence-corrected chi connectivity index (χ3v) is 19.9. The molecule has 0 aliphatic carbocycles. The van der Waals surface area contributed by atoms with Crippen molar-refractivity contribution < 1.29 is 76.4 Å². The summed E-state index contributed by atoms with van der Waals surface area (Å²) < 4.78 is 47.6. The first-order valence-electron chi connectivity index (χ1n) is 32.6. The van der Waals surface area contributed by atoms with Crippen LogP contribution in [0.25, 0.3) is 10.4 Å². The molecule has 0 bridgehead atoms. The number of aromatic hydroxyl groups is 1. The van der Waals surface area contributed by atoms with E-state index in [0.717, 1.165) is 56.0 Å². The number of aromatic nitrogens is 1. The molecule has 8 rings (SSSR count). The number of halogens is 3. The molecule has 1 aliphatic heterocycles. The van der Waals surface area contributed by atoms with E-state index in [0.29, 0.717) is 34.2 Å². The molecular weight excluding hydrogens is 1410 g/mol. The van der Waals surface area contributed by atoms with Gasteiger partial charge in [0.2, 0.25) is 41.4 Å². The number of aryl methyl sites for hydroxylation is 2. The van der Waals surface area contributed by atoms with Crippen LogP contribution in [0.1, 0.15) is 107 Å². The standard InChI is InChI=1S/C73H83BrF2N9O14PS/c1-43-18-24-52(37-55(43)74)66(90)77-30-11-10-17-56(82-69(93)58(33-46-21-27-53(28-22-46)73(75,76)100(96,97)98)83-68(92)57(32-45-13-8-7-9-14-45)81-62(88)36-49-23-29-60(87)61(34-49)99-6)67(91)78-40-50-16-12-15-48(31-50)35-63(89)84-65(72(3,4)5)71(95)85-41-54(86)38-59(85)70(94)79-39-47-19-25-51(26-20-47)64-44(2)80-42-101-64/h7-9,12-16,18-29,31,34,37,42,54,56-59,65,86-87H,10-11,17,30,32-33,35-36,38-41H2,1-6H3,(H,77,90)(H,78,91)(H,79,94)(H,81,88)(H,82,93)(H,83,92)(H,84,89)(H2,96,97,98)/t54-,56+,57+,58+,59+,65-/m1/s1. The van der Waals surface area contributed by atoms with Gasteiger partial charge in [0.15, 0.2) is 11.5 Å². The van der Waals surface area contributed by atoms with Gasteiger partial charge in [0.1, 0.15) is 30.2 Å². The highest BCUT2D eigenvalue weighted by molar-refractivity contribution is 9.10. The summed E-state index contributed by atoms with van der Waals surface area (Å²) in [4.78, 5) is 139. The molecule has 536 valence electrons. The zero-order valence-electron chi connectivity index (χ0n) is 56.6. The summed E-state index contributed by atoms with van der Waals surface area (Å²) in [6, 6.07) is 29.7. The van der Waals surface area contributed by atoms with E-state index in [1.54, 1.807) is 99.1 Å². The molecule has 6 aromatic carbocycles. The van der Waals surface area contributed by atoms with Gasteiger partial charge in [-0.2, -0.15) is 8.78 Å². The smallest absolute Gasteiger partial charge is 0.399 e. The molecule has 0 saturated carbocycles. The number of ether oxygens (including phenoxy) is 1. The molecule has 11 N–H and O–H groups in total. The molecule has 101 heavy (non-hydrogen) atoms. The summed E-state index contributed by atoms with van der Waals surface area (Å²) in [6.07, 6.45) is -1.53. The minimum absolute atomic E-state index is 0.00924. The number of hydrogen-bond acceptors (Lipinski definition) is 14. The van der Waals surface area contributed by atoms with Gasteiger partial charge in [-0.25, -0.2) is 4.98 Å². The lowest BCUT2D eigenvalue weighted by Gasteiger charge is -2.35. The number of amides is 8. The van der Waals surface area contributed by atoms with E-state index >= 15 is 0 Å². The van der Waals surface area contributed by atoms with Gasteiger partial charge in [-0.15, -0.1) is 11.3 Å². The van der Waals surface area contributed by atoms with E-state index in [1.807, 2.05) is 38.1 Å². The van der Waals surface area contributed by atoms with Crippen molar-refractivity contribution in [1.29, 1.82) is 0 Å². The first-order chi connectivity index (χ1) is 47.9. The Labute approximate surface area is 596 Å². The van der Waals surface area contributed by atoms with Crippen molar-refractivity contribution >= 4 is 82.1 Å². The highest BCUT2D eigenvalue weighted by Gasteiger charge is 2.50. The minimum atomic E-state index is -5.99. The number of aliphatic hydroxyl groups excluding tert-OH is 1. The van der Waals surface area contributed by atoms with Crippen LogP contribution in [0.3, 0.4) is 0 Å². The number of methoxy groups -OCH3 is 1. The second-order valence-electron chi connectivity index (χ2n) is 26.0. The van der Waals surface area contributed by atoms with Gasteiger partial charge in [0.25, 0.3) is 5.91 Å². The average molecular weight is 1490 g/mol. The quantitative estimate of drug-likeness (QED) is 0.0145. The summed E-state index contributed by atoms with van der Waals surface area (Å²) in [7, 11) is -4.66. The van der Waals surface area contributed by atoms with Crippen molar-refractivity contribution in [3.63, 3.8) is 0 Å². The van der Waals surface area contributed by atoms with E-state index in [2.05, 4.69) is 58.1 Å². The number of alkyl halides is 2. The number of phenolic OH excluding ortho intramolecular Hbond substituents is 1. The van der Waals surface area contributed by atoms with Crippen LogP contribution < -0.4 is 42.0 Å². The molecule has 0 spiro atoms. The number of phenols is 1. The van der Waals surface area contributed by atoms with Gasteiger partial charge in [-0.05, 0) is 107 Å². The van der Waals surface area contributed by atoms with E-state index in [1.165, 1.54) is 41.5 Å². The first-order valence-corrected chi connectivity index (χ1v) is 35.9. The number of unbranched alkanes of at least 4 members (excludes halogenated alkanes) is 1. The third-order valence-electron chi connectivity index (χ3n) is 17.1. The van der Waals surface area contributed by atoms with Gasteiger partial charge in [-0.1, -0.05) is 152 Å². The predicted molar refractivity (Wildman–Crippen MR) is 379 cm³/mol. The Balaban J connectivity index is 0.981. The van der Waals surface area contributed by atoms with Gasteiger partial charge < -0.3 is 66.9 Å². The van der Waals surface area contributed by atoms with Crippen LogP contribution in [0.5, 0.6) is 11.5 Å². The highest BCUT2D eigenvalue weighted by Crippen LogP contribution is 2.59. The van der Waals surface area contributed by atoms with Gasteiger partial charge in [0, 0.05) is 61.0 Å². The Kier molecular flexibility index (Phi) is 26.8. The van der Waals surface area contributed by atoms with Crippen molar-refractivity contribution in [2.75, 3.05) is 20.2 Å². The molecule has 28 heteroatoms. The maximum Gasteiger partial charge on any atom is 0.399 e. The number of carbonyl (C=O) groups excluding carboxylic acids is 8. The van der Waals surface area contributed by atoms with Crippen LogP contribution in [0.2, 0.25) is 0 Å². The largest absolute Gasteiger partial charge is 0.504 e. The number of nitrogens with zero attached hydrogens (tertiary/aromatic N) is 2. The Morgan fingerprint density at radius 1 is 0.683 bits per heavy atom. The van der Waals surface area contributed by atoms with Crippen LogP contribution in [0.4, 0.5) is 8.78 Å². The number of β-amino-alcohol motifs (C(OH)–C–C–N with tert-alkyl or cyclic N) is 1. The lowest BCUT2D eigenvalue weighted by molar-refractivity contribution is -0.144. The second-order valence-corrected chi connectivity index (χ2v) is 29.3. The Bertz CT molecular complexity index is 4160. The number of aliphatic hydroxyl groups is 1. The SMILES string of the molecule is COc1cc(CC(=O)N[C@@H](Cc2ccccc2)C(=O)N[C@@H](Cc2ccc(C(F)(F)P(=O)(O)O)cc2)C(=O)N[C@@H](CCCCNC(=O)c2ccc(C)c(Br)c2)C(=O)NCc2cccc(CC(=O)N[C@H](C(=O)N3C[C@H](O)C[C@H]3C(=O)NCc3ccc(-c4scnc4C)cc3)C(C)(C)C)c2)ccc1O. The molecule has 1 saturated heterocycles. The summed E-state index contributed by atoms with van der Waals surface area (Å²) in [5.41, 5.74) is 1.50. The van der Waals surface area contributed by atoms with Gasteiger partial charge in [-0.3, -0.25) is 42.9 Å². The summed E-state index contributed by atoms with van der Waals surface area (Å²) in [6.45, 7) is 9.16. The number of likely N-dealkylation sites (tertiary alicyclic amines) is 1. The van der Waals surface area contributed by atoms with Crippen LogP contribution >= 0.6 is 34.9 Å². The minimum Gasteiger partial charge on any atom is -0.504 e. The van der Waals surface area contributed by atoms with Crippen LogP contribution in [-0.4, -0.2) is 134 Å². The number of carbonyl (C=O) groups is 8. The van der Waals surface area contributed by atoms with Crippen LogP contribution in [-0.2, 0) is 82.6 Å². The molecule has 8 amide bonds. The zero-order chi connectivity index (χ0) is 73.3. The molecule has 6 atom stereocenters. The van der Waals surface area contributed by atoms with Crippen molar-refractivity contribution in [2.45, 2.75) is 141 Å². The van der Waals surface area contributed by atoms with Crippen molar-refractivity contribution in [3.05, 3.63) is 205 Å². The van der Waals surface area contributed by atoms with Crippen LogP contribution in [0, 0.1) is 19.3 Å². The van der Waals surface area contributed by atoms with Crippen LogP contribution in [0.15, 0.2) is 150 Å². The van der Waals surface area contributed by atoms with Gasteiger partial charge in [0.05, 0.1) is 42.1 Å². The fourth-order valence-electron chi connectivity index (χ4n) is 11.4. The first kappa shape index (κ1) is 77.5. The molecule has 23 nitrogen and oxygen atoms in total. The highest BCUT2D eigenvalue weighted by atomic mass is 79.9. The molecule has 0 radical (unpaired) electrons. The Morgan fingerprint density at radius 3 is 1.91 bits per heavy atom. The lowest BCUT2D eigenvalue weighted by atomic mass is 9.85. The van der Waals surface area contributed by atoms with Gasteiger partial charge >= 0.3 is 13.3 Å². The monoisotopic (exact) mass is 1490 g/mol. The zero-order valence-corrected chi connectivity index (χ0v) is 59.9. The topological polar surface area (TPSA) is 344 Å². The maximum atomic E-state index is 14.9. The van der Waals surface area contributed by atoms with E-state index in [-0.39, 0.29) is 87.7 Å². The van der Waals surface area contributed by atoms with E-state index < -0.39 is 108 Å². The van der Waals surface area contributed by atoms with E-state index in [9.17, 15) is 71.7 Å².